The van der Waals surface area contributed by atoms with Gasteiger partial charge < -0.3 is 16.2 Å². The van der Waals surface area contributed by atoms with Crippen LogP contribution in [0.4, 0.5) is 10.7 Å². The second-order valence-corrected chi connectivity index (χ2v) is 2.87. The number of nitrogens with one attached hydrogen (secondary N) is 1. The van der Waals surface area contributed by atoms with E-state index < -0.39 is 5.97 Å². The monoisotopic (exact) mass is 172 g/mol. The topological polar surface area (TPSA) is 75.3 Å². The summed E-state index contributed by atoms with van der Waals surface area (Å²) in [7, 11) is 0. The van der Waals surface area contributed by atoms with E-state index in [0.29, 0.717) is 10.7 Å². The summed E-state index contributed by atoms with van der Waals surface area (Å²) < 4.78 is 0. The normalized spacial score (nSPS) is 9.45. The number of carboxylic acid groups (broad SMARTS) is 1. The van der Waals surface area contributed by atoms with Crippen molar-refractivity contribution in [2.45, 2.75) is 0 Å². The molecule has 1 rings (SSSR count). The van der Waals surface area contributed by atoms with E-state index in [0.717, 1.165) is 0 Å². The van der Waals surface area contributed by atoms with E-state index in [9.17, 15) is 4.79 Å². The Morgan fingerprint density at radius 2 is 2.55 bits per heavy atom. The summed E-state index contributed by atoms with van der Waals surface area (Å²) in [6, 6.07) is 1.73. The lowest BCUT2D eigenvalue weighted by molar-refractivity contribution is -0.134. The highest BCUT2D eigenvalue weighted by Crippen LogP contribution is 2.24. The molecule has 1 aromatic rings. The van der Waals surface area contributed by atoms with E-state index in [1.165, 1.54) is 11.3 Å². The van der Waals surface area contributed by atoms with Crippen LogP contribution in [0.15, 0.2) is 11.4 Å². The van der Waals surface area contributed by atoms with Crippen molar-refractivity contribution in [3.05, 3.63) is 11.4 Å². The third-order valence-electron chi connectivity index (χ3n) is 1.10. The molecule has 0 aromatic carbocycles. The zero-order chi connectivity index (χ0) is 8.27. The molecule has 0 bridgehead atoms. The lowest BCUT2D eigenvalue weighted by Gasteiger charge is -1.99. The molecule has 0 spiro atoms. The molecular weight excluding hydrogens is 164 g/mol. The third-order valence-corrected chi connectivity index (χ3v) is 1.98. The van der Waals surface area contributed by atoms with Crippen molar-refractivity contribution in [2.24, 2.45) is 0 Å². The first kappa shape index (κ1) is 7.87. The van der Waals surface area contributed by atoms with Crippen LogP contribution in [0.5, 0.6) is 0 Å². The fraction of sp³-hybridized carbons (Fsp3) is 0.167. The molecule has 0 radical (unpaired) electrons. The Morgan fingerprint density at radius 1 is 1.82 bits per heavy atom. The second kappa shape index (κ2) is 3.25. The van der Waals surface area contributed by atoms with Crippen LogP contribution in [-0.2, 0) is 4.79 Å². The first-order valence-electron chi connectivity index (χ1n) is 2.99. The maximum absolute atomic E-state index is 10.1. The lowest BCUT2D eigenvalue weighted by atomic mass is 10.5. The first-order chi connectivity index (χ1) is 5.20. The molecule has 0 saturated carbocycles. The largest absolute Gasteiger partial charge is 0.480 e. The van der Waals surface area contributed by atoms with Crippen LogP contribution in [0.25, 0.3) is 0 Å². The molecule has 0 amide bonds. The molecule has 1 heterocycles. The van der Waals surface area contributed by atoms with Gasteiger partial charge in [-0.25, -0.2) is 0 Å². The molecule has 0 unspecified atom stereocenters. The van der Waals surface area contributed by atoms with Gasteiger partial charge in [-0.3, -0.25) is 4.79 Å². The maximum atomic E-state index is 10.1. The minimum Gasteiger partial charge on any atom is -0.480 e. The number of thiophene rings is 1. The summed E-state index contributed by atoms with van der Waals surface area (Å²) in [6.45, 7) is -0.0925. The minimum absolute atomic E-state index is 0.0925. The Bertz CT molecular complexity index is 259. The van der Waals surface area contributed by atoms with Crippen LogP contribution in [0, 0.1) is 0 Å². The van der Waals surface area contributed by atoms with Gasteiger partial charge in [0.2, 0.25) is 0 Å². The molecule has 0 aliphatic carbocycles. The number of aliphatic carboxylic acids is 1. The van der Waals surface area contributed by atoms with Crippen molar-refractivity contribution >= 4 is 28.0 Å². The van der Waals surface area contributed by atoms with Gasteiger partial charge in [-0.05, 0) is 11.4 Å². The molecule has 0 aliphatic heterocycles. The van der Waals surface area contributed by atoms with Crippen LogP contribution in [0.3, 0.4) is 0 Å². The Kier molecular flexibility index (Phi) is 2.32. The van der Waals surface area contributed by atoms with Crippen LogP contribution in [0.2, 0.25) is 0 Å². The SMILES string of the molecule is Nc1ccsc1NCC(=O)O. The molecule has 0 aliphatic rings. The summed E-state index contributed by atoms with van der Waals surface area (Å²) in [5, 5.41) is 13.5. The van der Waals surface area contributed by atoms with E-state index in [1.54, 1.807) is 11.4 Å². The van der Waals surface area contributed by atoms with Crippen molar-refractivity contribution < 1.29 is 9.90 Å². The second-order valence-electron chi connectivity index (χ2n) is 1.95. The molecule has 4 nitrogen and oxygen atoms in total. The fourth-order valence-electron chi connectivity index (χ4n) is 0.619. The Labute approximate surface area is 67.6 Å². The number of nitrogen functional groups attached to an aromatic ring is 1. The van der Waals surface area contributed by atoms with E-state index in [-0.39, 0.29) is 6.54 Å². The van der Waals surface area contributed by atoms with E-state index >= 15 is 0 Å². The van der Waals surface area contributed by atoms with Crippen LogP contribution >= 0.6 is 11.3 Å². The zero-order valence-corrected chi connectivity index (χ0v) is 6.52. The smallest absolute Gasteiger partial charge is 0.322 e. The van der Waals surface area contributed by atoms with E-state index in [4.69, 9.17) is 10.8 Å². The summed E-state index contributed by atoms with van der Waals surface area (Å²) in [6.07, 6.45) is 0. The number of rotatable bonds is 3. The molecule has 11 heavy (non-hydrogen) atoms. The number of anilines is 2. The Balaban J connectivity index is 2.51. The van der Waals surface area contributed by atoms with Gasteiger partial charge in [0.1, 0.15) is 11.5 Å². The molecule has 1 aromatic heterocycles. The zero-order valence-electron chi connectivity index (χ0n) is 5.70. The van der Waals surface area contributed by atoms with E-state index in [2.05, 4.69) is 5.32 Å². The fourth-order valence-corrected chi connectivity index (χ4v) is 1.33. The minimum atomic E-state index is -0.891. The quantitative estimate of drug-likeness (QED) is 0.631. The highest BCUT2D eigenvalue weighted by atomic mass is 32.1. The Morgan fingerprint density at radius 3 is 3.00 bits per heavy atom. The molecular formula is C6H8N2O2S. The molecule has 0 fully saturated rings. The van der Waals surface area contributed by atoms with Gasteiger partial charge in [0.05, 0.1) is 5.69 Å². The number of hydrogen-bond donors (Lipinski definition) is 3. The average molecular weight is 172 g/mol. The van der Waals surface area contributed by atoms with Gasteiger partial charge in [-0.15, -0.1) is 11.3 Å². The predicted octanol–water partition coefficient (Wildman–Crippen LogP) is 0.827. The van der Waals surface area contributed by atoms with E-state index in [1.807, 2.05) is 0 Å². The lowest BCUT2D eigenvalue weighted by Crippen LogP contribution is -2.12. The number of carbonyl (C=O) groups is 1. The van der Waals surface area contributed by atoms with Crippen molar-refractivity contribution in [3.8, 4) is 0 Å². The molecule has 0 atom stereocenters. The van der Waals surface area contributed by atoms with Crippen LogP contribution in [-0.4, -0.2) is 17.6 Å². The van der Waals surface area contributed by atoms with Crippen molar-refractivity contribution in [1.82, 2.24) is 0 Å². The summed E-state index contributed by atoms with van der Waals surface area (Å²) in [4.78, 5) is 10.1. The standard InChI is InChI=1S/C6H8N2O2S/c7-4-1-2-11-6(4)8-3-5(9)10/h1-2,8H,3,7H2,(H,9,10). The van der Waals surface area contributed by atoms with Crippen molar-refractivity contribution in [1.29, 1.82) is 0 Å². The predicted molar refractivity (Wildman–Crippen MR) is 44.9 cm³/mol. The third kappa shape index (κ3) is 2.12. The van der Waals surface area contributed by atoms with Gasteiger partial charge in [0, 0.05) is 0 Å². The van der Waals surface area contributed by atoms with Gasteiger partial charge >= 0.3 is 5.97 Å². The van der Waals surface area contributed by atoms with Crippen molar-refractivity contribution in [2.75, 3.05) is 17.6 Å². The summed E-state index contributed by atoms with van der Waals surface area (Å²) in [5.74, 6) is -0.891. The average Bonchev–Trinajstić information content (AvgIpc) is 2.31. The van der Waals surface area contributed by atoms with Gasteiger partial charge in [-0.2, -0.15) is 0 Å². The molecule has 4 N–H and O–H groups in total. The van der Waals surface area contributed by atoms with Crippen LogP contribution < -0.4 is 11.1 Å². The molecule has 5 heteroatoms. The van der Waals surface area contributed by atoms with Gasteiger partial charge in [0.25, 0.3) is 0 Å². The van der Waals surface area contributed by atoms with Gasteiger partial charge in [-0.1, -0.05) is 0 Å². The summed E-state index contributed by atoms with van der Waals surface area (Å²) in [5.41, 5.74) is 6.08. The maximum Gasteiger partial charge on any atom is 0.322 e. The Hall–Kier alpha value is -1.23. The van der Waals surface area contributed by atoms with Crippen LogP contribution in [0.1, 0.15) is 0 Å². The first-order valence-corrected chi connectivity index (χ1v) is 3.87. The number of hydrogen-bond acceptors (Lipinski definition) is 4. The summed E-state index contributed by atoms with van der Waals surface area (Å²) >= 11 is 1.39. The molecule has 60 valence electrons. The number of carboxylic acids is 1. The highest BCUT2D eigenvalue weighted by molar-refractivity contribution is 7.14. The van der Waals surface area contributed by atoms with Crippen molar-refractivity contribution in [3.63, 3.8) is 0 Å². The molecule has 0 saturated heterocycles. The van der Waals surface area contributed by atoms with Gasteiger partial charge in [0.15, 0.2) is 0 Å². The highest BCUT2D eigenvalue weighted by Gasteiger charge is 2.00. The number of nitrogens with two attached hydrogens (primary N) is 1.